The quantitative estimate of drug-likeness (QED) is 0.348. The number of esters is 1. The summed E-state index contributed by atoms with van der Waals surface area (Å²) >= 11 is 6.62. The minimum Gasteiger partial charge on any atom is -0.465 e. The van der Waals surface area contributed by atoms with Crippen molar-refractivity contribution in [2.24, 2.45) is 0 Å². The molecule has 3 aromatic rings. The lowest BCUT2D eigenvalue weighted by Crippen LogP contribution is -2.01. The summed E-state index contributed by atoms with van der Waals surface area (Å²) in [6.45, 7) is 4.00. The van der Waals surface area contributed by atoms with E-state index in [0.29, 0.717) is 5.56 Å². The van der Waals surface area contributed by atoms with Crippen LogP contribution in [0.15, 0.2) is 63.9 Å². The van der Waals surface area contributed by atoms with Crippen LogP contribution in [0.25, 0.3) is 11.3 Å². The molecule has 3 rings (SSSR count). The number of aromatic nitrogens is 2. The highest BCUT2D eigenvalue weighted by Gasteiger charge is 2.09. The third-order valence-electron chi connectivity index (χ3n) is 3.40. The molecular formula is C20H18Br2N2O2. The summed E-state index contributed by atoms with van der Waals surface area (Å²) in [5.74, 6) is -0.357. The number of aryl methyl sites for hydroxylation is 2. The normalized spacial score (nSPS) is 9.88. The van der Waals surface area contributed by atoms with Crippen molar-refractivity contribution in [1.82, 2.24) is 9.97 Å². The van der Waals surface area contributed by atoms with Crippen LogP contribution in [0.1, 0.15) is 21.5 Å². The van der Waals surface area contributed by atoms with Crippen LogP contribution in [0.5, 0.6) is 0 Å². The maximum atomic E-state index is 11.5. The van der Waals surface area contributed by atoms with Gasteiger partial charge in [-0.2, -0.15) is 0 Å². The van der Waals surface area contributed by atoms with Crippen molar-refractivity contribution >= 4 is 37.8 Å². The summed E-state index contributed by atoms with van der Waals surface area (Å²) in [7, 11) is 1.37. The Morgan fingerprint density at radius 3 is 2.08 bits per heavy atom. The van der Waals surface area contributed by atoms with Crippen molar-refractivity contribution in [2.45, 2.75) is 13.8 Å². The van der Waals surface area contributed by atoms with Gasteiger partial charge in [-0.1, -0.05) is 28.1 Å². The van der Waals surface area contributed by atoms with Gasteiger partial charge in [0, 0.05) is 22.4 Å². The zero-order valence-corrected chi connectivity index (χ0v) is 17.8. The molecule has 0 spiro atoms. The molecule has 0 atom stereocenters. The molecule has 0 bridgehead atoms. The number of halogens is 2. The largest absolute Gasteiger partial charge is 0.465 e. The van der Waals surface area contributed by atoms with Gasteiger partial charge in [0.05, 0.1) is 18.4 Å². The summed E-state index contributed by atoms with van der Waals surface area (Å²) in [6, 6.07) is 13.3. The number of hydrogen-bond donors (Lipinski definition) is 0. The van der Waals surface area contributed by atoms with Gasteiger partial charge in [-0.3, -0.25) is 4.98 Å². The average Bonchev–Trinajstić information content (AvgIpc) is 2.64. The molecule has 0 saturated carbocycles. The van der Waals surface area contributed by atoms with Crippen LogP contribution in [0.4, 0.5) is 0 Å². The second kappa shape index (κ2) is 9.59. The first-order chi connectivity index (χ1) is 12.4. The van der Waals surface area contributed by atoms with E-state index in [4.69, 9.17) is 4.74 Å². The number of nitrogens with zero attached hydrogens (tertiary/aromatic N) is 2. The van der Waals surface area contributed by atoms with Crippen LogP contribution in [-0.4, -0.2) is 23.0 Å². The highest BCUT2D eigenvalue weighted by Crippen LogP contribution is 2.24. The van der Waals surface area contributed by atoms with E-state index >= 15 is 0 Å². The average molecular weight is 478 g/mol. The maximum Gasteiger partial charge on any atom is 0.337 e. The van der Waals surface area contributed by atoms with Crippen LogP contribution < -0.4 is 0 Å². The predicted octanol–water partition coefficient (Wildman–Crippen LogP) is 5.76. The van der Waals surface area contributed by atoms with Crippen LogP contribution >= 0.6 is 31.9 Å². The zero-order chi connectivity index (χ0) is 19.1. The molecule has 0 unspecified atom stereocenters. The molecule has 0 N–H and O–H groups in total. The fourth-order valence-corrected chi connectivity index (χ4v) is 2.79. The highest BCUT2D eigenvalue weighted by atomic mass is 79.9. The van der Waals surface area contributed by atoms with Gasteiger partial charge in [-0.05, 0) is 71.2 Å². The van der Waals surface area contributed by atoms with Crippen molar-refractivity contribution in [1.29, 1.82) is 0 Å². The molecule has 2 aromatic heterocycles. The zero-order valence-electron chi connectivity index (χ0n) is 14.7. The predicted molar refractivity (Wildman–Crippen MR) is 110 cm³/mol. The fraction of sp³-hybridized carbons (Fsp3) is 0.150. The molecule has 0 amide bonds. The Kier molecular flexibility index (Phi) is 7.48. The number of ether oxygens (including phenoxy) is 1. The Bertz CT molecular complexity index is 858. The van der Waals surface area contributed by atoms with Crippen molar-refractivity contribution < 1.29 is 9.53 Å². The Hall–Kier alpha value is -2.05. The first kappa shape index (κ1) is 20.3. The van der Waals surface area contributed by atoms with Gasteiger partial charge in [-0.25, -0.2) is 9.78 Å². The van der Waals surface area contributed by atoms with E-state index in [0.717, 1.165) is 25.9 Å². The molecular weight excluding hydrogens is 460 g/mol. The first-order valence-corrected chi connectivity index (χ1v) is 9.37. The topological polar surface area (TPSA) is 52.1 Å². The van der Waals surface area contributed by atoms with E-state index in [1.807, 2.05) is 50.4 Å². The van der Waals surface area contributed by atoms with E-state index in [9.17, 15) is 4.79 Å². The van der Waals surface area contributed by atoms with Crippen LogP contribution in [0, 0.1) is 13.8 Å². The fourth-order valence-electron chi connectivity index (χ4n) is 2.06. The highest BCUT2D eigenvalue weighted by molar-refractivity contribution is 9.10. The van der Waals surface area contributed by atoms with E-state index in [1.165, 1.54) is 12.7 Å². The molecule has 26 heavy (non-hydrogen) atoms. The van der Waals surface area contributed by atoms with Crippen LogP contribution in [-0.2, 0) is 4.74 Å². The number of rotatable bonds is 2. The van der Waals surface area contributed by atoms with Gasteiger partial charge >= 0.3 is 5.97 Å². The lowest BCUT2D eigenvalue weighted by molar-refractivity contribution is 0.0600. The minimum absolute atomic E-state index is 0.357. The van der Waals surface area contributed by atoms with Crippen molar-refractivity contribution in [3.63, 3.8) is 0 Å². The number of pyridine rings is 2. The minimum atomic E-state index is -0.357. The number of hydrogen-bond acceptors (Lipinski definition) is 4. The monoisotopic (exact) mass is 476 g/mol. The van der Waals surface area contributed by atoms with Gasteiger partial charge < -0.3 is 4.74 Å². The van der Waals surface area contributed by atoms with E-state index in [2.05, 4.69) is 41.8 Å². The molecule has 1 aromatic carbocycles. The van der Waals surface area contributed by atoms with Crippen LogP contribution in [0.2, 0.25) is 0 Å². The van der Waals surface area contributed by atoms with E-state index in [1.54, 1.807) is 18.3 Å². The number of carbonyl (C=O) groups is 1. The van der Waals surface area contributed by atoms with E-state index < -0.39 is 0 Å². The Morgan fingerprint density at radius 2 is 1.58 bits per heavy atom. The number of benzene rings is 1. The summed E-state index contributed by atoms with van der Waals surface area (Å²) in [6.07, 6.45) is 3.62. The molecule has 0 radical (unpaired) electrons. The van der Waals surface area contributed by atoms with Gasteiger partial charge in [0.25, 0.3) is 0 Å². The van der Waals surface area contributed by atoms with Gasteiger partial charge in [0.15, 0.2) is 0 Å². The van der Waals surface area contributed by atoms with Gasteiger partial charge in [0.1, 0.15) is 4.60 Å². The smallest absolute Gasteiger partial charge is 0.337 e. The molecule has 0 saturated heterocycles. The van der Waals surface area contributed by atoms with E-state index in [-0.39, 0.29) is 5.97 Å². The number of carbonyl (C=O) groups excluding carboxylic acids is 1. The standard InChI is InChI=1S/C14H12BrNO2.C6H6BrN/c1-9-3-4-13(16-8-9)10-5-11(14(17)18-2)7-12(15)6-10;1-5-2-3-6(7)8-4-5/h3-8H,1-2H3;2-4H,1H3. The Morgan fingerprint density at radius 1 is 0.923 bits per heavy atom. The molecule has 0 aliphatic carbocycles. The summed E-state index contributed by atoms with van der Waals surface area (Å²) in [5.41, 5.74) is 4.50. The summed E-state index contributed by atoms with van der Waals surface area (Å²) in [5, 5.41) is 0. The molecule has 4 nitrogen and oxygen atoms in total. The number of methoxy groups -OCH3 is 1. The molecule has 0 aliphatic rings. The maximum absolute atomic E-state index is 11.5. The molecule has 0 aliphatic heterocycles. The Balaban J connectivity index is 0.000000254. The Labute approximate surface area is 169 Å². The third-order valence-corrected chi connectivity index (χ3v) is 4.33. The molecule has 2 heterocycles. The van der Waals surface area contributed by atoms with Gasteiger partial charge in [0.2, 0.25) is 0 Å². The summed E-state index contributed by atoms with van der Waals surface area (Å²) in [4.78, 5) is 19.9. The first-order valence-electron chi connectivity index (χ1n) is 7.79. The summed E-state index contributed by atoms with van der Waals surface area (Å²) < 4.78 is 6.43. The lowest BCUT2D eigenvalue weighted by atomic mass is 10.1. The lowest BCUT2D eigenvalue weighted by Gasteiger charge is -2.05. The van der Waals surface area contributed by atoms with Crippen LogP contribution in [0.3, 0.4) is 0 Å². The van der Waals surface area contributed by atoms with Crippen molar-refractivity contribution in [3.05, 3.63) is 80.6 Å². The SMILES string of the molecule is COC(=O)c1cc(Br)cc(-c2ccc(C)cn2)c1.Cc1ccc(Br)nc1. The molecule has 6 heteroatoms. The van der Waals surface area contributed by atoms with Crippen molar-refractivity contribution in [2.75, 3.05) is 7.11 Å². The van der Waals surface area contributed by atoms with Gasteiger partial charge in [-0.15, -0.1) is 0 Å². The molecule has 134 valence electrons. The molecule has 0 fully saturated rings. The third kappa shape index (κ3) is 6.04. The second-order valence-corrected chi connectivity index (χ2v) is 7.33. The second-order valence-electron chi connectivity index (χ2n) is 5.60. The van der Waals surface area contributed by atoms with Crippen molar-refractivity contribution in [3.8, 4) is 11.3 Å².